The summed E-state index contributed by atoms with van der Waals surface area (Å²) in [4.78, 5) is 9.49. The van der Waals surface area contributed by atoms with Crippen LogP contribution in [0.3, 0.4) is 0 Å². The molecule has 23 heavy (non-hydrogen) atoms. The monoisotopic (exact) mass is 336 g/mol. The topological polar surface area (TPSA) is 40.1 Å². The van der Waals surface area contributed by atoms with Gasteiger partial charge in [-0.05, 0) is 25.3 Å². The molecule has 0 bridgehead atoms. The summed E-state index contributed by atoms with van der Waals surface area (Å²) in [6.45, 7) is 7.88. The van der Waals surface area contributed by atoms with Gasteiger partial charge >= 0.3 is 0 Å². The molecule has 0 unspecified atom stereocenters. The van der Waals surface area contributed by atoms with Crippen LogP contribution < -0.4 is 15.0 Å². The quantitative estimate of drug-likeness (QED) is 0.490. The zero-order valence-corrected chi connectivity index (χ0v) is 15.2. The van der Waals surface area contributed by atoms with E-state index in [2.05, 4.69) is 46.5 Å². The Morgan fingerprint density at radius 1 is 1.30 bits per heavy atom. The normalized spacial score (nSPS) is 15.7. The molecule has 1 N–H and O–H groups in total. The third kappa shape index (κ3) is 5.23. The second-order valence-corrected chi connectivity index (χ2v) is 6.39. The van der Waals surface area contributed by atoms with Crippen molar-refractivity contribution in [1.29, 1.82) is 0 Å². The zero-order chi connectivity index (χ0) is 16.5. The molecule has 1 saturated heterocycles. The third-order valence-corrected chi connectivity index (χ3v) is 4.48. The van der Waals surface area contributed by atoms with Gasteiger partial charge in [0.05, 0.1) is 13.7 Å². The van der Waals surface area contributed by atoms with Crippen molar-refractivity contribution in [2.45, 2.75) is 6.92 Å². The number of benzene rings is 1. The van der Waals surface area contributed by atoms with E-state index in [0.29, 0.717) is 0 Å². The summed E-state index contributed by atoms with van der Waals surface area (Å²) < 4.78 is 5.32. The highest BCUT2D eigenvalue weighted by Gasteiger charge is 2.19. The van der Waals surface area contributed by atoms with Crippen LogP contribution in [-0.2, 0) is 0 Å². The summed E-state index contributed by atoms with van der Waals surface area (Å²) in [5, 5.41) is 3.41. The molecule has 0 atom stereocenters. The molecular weight excluding hydrogens is 308 g/mol. The number of aliphatic imine (C=N–C) groups is 1. The van der Waals surface area contributed by atoms with Gasteiger partial charge in [0.15, 0.2) is 5.96 Å². The number of nitrogens with zero attached hydrogens (tertiary/aromatic N) is 3. The van der Waals surface area contributed by atoms with Crippen LogP contribution in [0.25, 0.3) is 0 Å². The minimum atomic E-state index is 0.875. The summed E-state index contributed by atoms with van der Waals surface area (Å²) in [6, 6.07) is 8.29. The van der Waals surface area contributed by atoms with Crippen molar-refractivity contribution in [1.82, 2.24) is 10.2 Å². The summed E-state index contributed by atoms with van der Waals surface area (Å²) in [5.74, 6) is 3.03. The summed E-state index contributed by atoms with van der Waals surface area (Å²) in [5.41, 5.74) is 1.23. The van der Waals surface area contributed by atoms with Crippen molar-refractivity contribution >= 4 is 23.4 Å². The van der Waals surface area contributed by atoms with E-state index < -0.39 is 0 Å². The number of hydrogen-bond acceptors (Lipinski definition) is 4. The number of guanidine groups is 1. The van der Waals surface area contributed by atoms with Gasteiger partial charge in [0.1, 0.15) is 5.75 Å². The molecule has 0 spiro atoms. The molecule has 1 fully saturated rings. The van der Waals surface area contributed by atoms with Crippen LogP contribution in [-0.4, -0.2) is 69.2 Å². The van der Waals surface area contributed by atoms with Crippen molar-refractivity contribution in [3.63, 3.8) is 0 Å². The predicted molar refractivity (Wildman–Crippen MR) is 101 cm³/mol. The van der Waals surface area contributed by atoms with Crippen LogP contribution in [0.2, 0.25) is 0 Å². The maximum absolute atomic E-state index is 5.32. The molecule has 1 heterocycles. The van der Waals surface area contributed by atoms with Gasteiger partial charge in [-0.1, -0.05) is 6.07 Å². The number of hydrogen-bond donors (Lipinski definition) is 1. The Morgan fingerprint density at radius 2 is 2.09 bits per heavy atom. The largest absolute Gasteiger partial charge is 0.497 e. The van der Waals surface area contributed by atoms with Gasteiger partial charge in [-0.2, -0.15) is 11.8 Å². The van der Waals surface area contributed by atoms with Crippen LogP contribution in [0.15, 0.2) is 29.3 Å². The van der Waals surface area contributed by atoms with Crippen molar-refractivity contribution in [2.24, 2.45) is 4.99 Å². The Kier molecular flexibility index (Phi) is 7.39. The lowest BCUT2D eigenvalue weighted by Crippen LogP contribution is -2.52. The molecule has 0 aliphatic carbocycles. The summed E-state index contributed by atoms with van der Waals surface area (Å²) in [7, 11) is 1.71. The number of piperazine rings is 1. The van der Waals surface area contributed by atoms with E-state index in [1.54, 1.807) is 7.11 Å². The van der Waals surface area contributed by atoms with E-state index in [0.717, 1.165) is 56.7 Å². The van der Waals surface area contributed by atoms with E-state index >= 15 is 0 Å². The number of rotatable bonds is 6. The maximum Gasteiger partial charge on any atom is 0.194 e. The van der Waals surface area contributed by atoms with Crippen molar-refractivity contribution < 1.29 is 4.74 Å². The lowest BCUT2D eigenvalue weighted by atomic mass is 10.2. The Labute approximate surface area is 144 Å². The van der Waals surface area contributed by atoms with Gasteiger partial charge in [-0.3, -0.25) is 4.99 Å². The highest BCUT2D eigenvalue weighted by molar-refractivity contribution is 7.98. The molecular formula is C17H28N4OS. The zero-order valence-electron chi connectivity index (χ0n) is 14.4. The predicted octanol–water partition coefficient (Wildman–Crippen LogP) is 2.15. The summed E-state index contributed by atoms with van der Waals surface area (Å²) >= 11 is 1.84. The molecule has 0 aromatic heterocycles. The fraction of sp³-hybridized carbons (Fsp3) is 0.588. The fourth-order valence-electron chi connectivity index (χ4n) is 2.65. The number of anilines is 1. The molecule has 1 aliphatic rings. The standard InChI is InChI=1S/C17H28N4OS/c1-4-18-17(19-8-13-23-3)21-11-9-20(10-12-21)15-6-5-7-16(14-15)22-2/h5-7,14H,4,8-13H2,1-3H3,(H,18,19). The minimum absolute atomic E-state index is 0.875. The number of nitrogens with one attached hydrogen (secondary N) is 1. The minimum Gasteiger partial charge on any atom is -0.497 e. The SMILES string of the molecule is CCNC(=NCCSC)N1CCN(c2cccc(OC)c2)CC1. The molecule has 5 nitrogen and oxygen atoms in total. The molecule has 0 amide bonds. The third-order valence-electron chi connectivity index (χ3n) is 3.89. The molecule has 0 radical (unpaired) electrons. The van der Waals surface area contributed by atoms with Gasteiger partial charge in [-0.25, -0.2) is 0 Å². The maximum atomic E-state index is 5.32. The lowest BCUT2D eigenvalue weighted by molar-refractivity contribution is 0.372. The van der Waals surface area contributed by atoms with Gasteiger partial charge in [-0.15, -0.1) is 0 Å². The van der Waals surface area contributed by atoms with Gasteiger partial charge in [0.2, 0.25) is 0 Å². The second kappa shape index (κ2) is 9.55. The van der Waals surface area contributed by atoms with Gasteiger partial charge < -0.3 is 19.9 Å². The van der Waals surface area contributed by atoms with Crippen LogP contribution in [0.4, 0.5) is 5.69 Å². The van der Waals surface area contributed by atoms with Gasteiger partial charge in [0.25, 0.3) is 0 Å². The molecule has 1 aromatic rings. The van der Waals surface area contributed by atoms with Crippen LogP contribution in [0, 0.1) is 0 Å². The first-order chi connectivity index (χ1) is 11.3. The smallest absolute Gasteiger partial charge is 0.194 e. The van der Waals surface area contributed by atoms with E-state index in [9.17, 15) is 0 Å². The highest BCUT2D eigenvalue weighted by Crippen LogP contribution is 2.22. The number of methoxy groups -OCH3 is 1. The first-order valence-corrected chi connectivity index (χ1v) is 9.59. The average molecular weight is 337 g/mol. The van der Waals surface area contributed by atoms with E-state index in [1.165, 1.54) is 5.69 Å². The molecule has 1 aliphatic heterocycles. The first-order valence-electron chi connectivity index (χ1n) is 8.19. The number of thioether (sulfide) groups is 1. The molecule has 1 aromatic carbocycles. The van der Waals surface area contributed by atoms with Crippen molar-refractivity contribution in [3.05, 3.63) is 24.3 Å². The van der Waals surface area contributed by atoms with E-state index in [1.807, 2.05) is 17.8 Å². The molecule has 128 valence electrons. The highest BCUT2D eigenvalue weighted by atomic mass is 32.2. The summed E-state index contributed by atoms with van der Waals surface area (Å²) in [6.07, 6.45) is 2.12. The Bertz CT molecular complexity index is 501. The van der Waals surface area contributed by atoms with E-state index in [4.69, 9.17) is 9.73 Å². The Morgan fingerprint density at radius 3 is 2.74 bits per heavy atom. The van der Waals surface area contributed by atoms with Crippen LogP contribution in [0.1, 0.15) is 6.92 Å². The van der Waals surface area contributed by atoms with Crippen molar-refractivity contribution in [2.75, 3.05) is 63.3 Å². The van der Waals surface area contributed by atoms with E-state index in [-0.39, 0.29) is 0 Å². The van der Waals surface area contributed by atoms with Gasteiger partial charge in [0, 0.05) is 50.2 Å². The molecule has 2 rings (SSSR count). The van der Waals surface area contributed by atoms with Crippen molar-refractivity contribution in [3.8, 4) is 5.75 Å². The Hall–Kier alpha value is -1.56. The first kappa shape index (κ1) is 17.8. The van der Waals surface area contributed by atoms with Crippen LogP contribution in [0.5, 0.6) is 5.75 Å². The molecule has 0 saturated carbocycles. The fourth-order valence-corrected chi connectivity index (χ4v) is 2.93. The second-order valence-electron chi connectivity index (χ2n) is 5.40. The number of ether oxygens (including phenoxy) is 1. The lowest BCUT2D eigenvalue weighted by Gasteiger charge is -2.37. The average Bonchev–Trinajstić information content (AvgIpc) is 2.61. The Balaban J connectivity index is 1.94. The van der Waals surface area contributed by atoms with Crippen LogP contribution >= 0.6 is 11.8 Å². The molecule has 6 heteroatoms.